The van der Waals surface area contributed by atoms with Crippen LogP contribution >= 0.6 is 11.6 Å². The van der Waals surface area contributed by atoms with Gasteiger partial charge in [-0.25, -0.2) is 4.79 Å². The van der Waals surface area contributed by atoms with E-state index in [9.17, 15) is 4.79 Å². The maximum absolute atomic E-state index is 13.6. The van der Waals surface area contributed by atoms with E-state index in [0.29, 0.717) is 28.8 Å². The molecule has 0 saturated heterocycles. The van der Waals surface area contributed by atoms with E-state index < -0.39 is 0 Å². The zero-order chi connectivity index (χ0) is 25.8. The molecule has 0 bridgehead atoms. The molecule has 8 nitrogen and oxygen atoms in total. The van der Waals surface area contributed by atoms with Gasteiger partial charge in [0.05, 0.1) is 18.7 Å². The largest absolute Gasteiger partial charge is 0.494 e. The van der Waals surface area contributed by atoms with Crippen LogP contribution in [0.1, 0.15) is 31.0 Å². The Morgan fingerprint density at radius 2 is 1.78 bits per heavy atom. The average Bonchev–Trinajstić information content (AvgIpc) is 3.57. The molecule has 0 spiro atoms. The number of imidazole rings is 1. The summed E-state index contributed by atoms with van der Waals surface area (Å²) in [6.07, 6.45) is 4.69. The smallest absolute Gasteiger partial charge is 0.333 e. The summed E-state index contributed by atoms with van der Waals surface area (Å²) in [4.78, 5) is 13.6. The number of benzene rings is 3. The predicted molar refractivity (Wildman–Crippen MR) is 144 cm³/mol. The van der Waals surface area contributed by atoms with Crippen LogP contribution in [0.15, 0.2) is 77.7 Å². The number of halogens is 1. The number of rotatable bonds is 9. The predicted octanol–water partition coefficient (Wildman–Crippen LogP) is 5.54. The fourth-order valence-corrected chi connectivity index (χ4v) is 4.74. The van der Waals surface area contributed by atoms with Crippen molar-refractivity contribution in [2.75, 3.05) is 7.11 Å². The SMILES string of the molecule is CCCCc1cn(-c2c(Cl)cccc2OC)c(=O)n1Cc1ccc(-c2ccccc2-c2nn[nH]n2)cc1. The summed E-state index contributed by atoms with van der Waals surface area (Å²) in [5.41, 5.74) is 5.32. The van der Waals surface area contributed by atoms with Crippen LogP contribution < -0.4 is 10.4 Å². The zero-order valence-electron chi connectivity index (χ0n) is 20.7. The van der Waals surface area contributed by atoms with Gasteiger partial charge in [0.1, 0.15) is 11.4 Å². The van der Waals surface area contributed by atoms with Gasteiger partial charge in [-0.2, -0.15) is 5.21 Å². The Hall–Kier alpha value is -4.17. The molecule has 2 heterocycles. The number of H-pyrrole nitrogens is 1. The minimum atomic E-state index is -0.149. The van der Waals surface area contributed by atoms with E-state index in [-0.39, 0.29) is 5.69 Å². The van der Waals surface area contributed by atoms with Gasteiger partial charge in [-0.3, -0.25) is 9.13 Å². The lowest BCUT2D eigenvalue weighted by molar-refractivity contribution is 0.412. The molecule has 0 unspecified atom stereocenters. The number of aryl methyl sites for hydroxylation is 1. The van der Waals surface area contributed by atoms with Gasteiger partial charge < -0.3 is 4.74 Å². The average molecular weight is 515 g/mol. The van der Waals surface area contributed by atoms with E-state index in [1.807, 2.05) is 59.3 Å². The Kier molecular flexibility index (Phi) is 7.18. The summed E-state index contributed by atoms with van der Waals surface area (Å²) in [5.74, 6) is 1.10. The first-order chi connectivity index (χ1) is 18.1. The Bertz CT molecular complexity index is 1550. The summed E-state index contributed by atoms with van der Waals surface area (Å²) in [6.45, 7) is 2.59. The number of methoxy groups -OCH3 is 1. The van der Waals surface area contributed by atoms with Gasteiger partial charge in [0.2, 0.25) is 5.82 Å². The van der Waals surface area contributed by atoms with Crippen LogP contribution in [-0.4, -0.2) is 36.9 Å². The molecule has 5 rings (SSSR count). The van der Waals surface area contributed by atoms with Crippen LogP contribution in [0.5, 0.6) is 5.75 Å². The van der Waals surface area contributed by atoms with Gasteiger partial charge >= 0.3 is 5.69 Å². The second kappa shape index (κ2) is 10.8. The van der Waals surface area contributed by atoms with Crippen LogP contribution in [0.4, 0.5) is 0 Å². The molecule has 0 atom stereocenters. The van der Waals surface area contributed by atoms with Crippen molar-refractivity contribution < 1.29 is 4.74 Å². The maximum Gasteiger partial charge on any atom is 0.333 e. The van der Waals surface area contributed by atoms with Crippen molar-refractivity contribution in [3.63, 3.8) is 0 Å². The summed E-state index contributed by atoms with van der Waals surface area (Å²) < 4.78 is 8.93. The summed E-state index contributed by atoms with van der Waals surface area (Å²) in [6, 6.07) is 21.5. The van der Waals surface area contributed by atoms with Crippen molar-refractivity contribution in [3.8, 4) is 34.0 Å². The normalized spacial score (nSPS) is 11.1. The van der Waals surface area contributed by atoms with Crippen molar-refractivity contribution >= 4 is 11.6 Å². The maximum atomic E-state index is 13.6. The lowest BCUT2D eigenvalue weighted by Gasteiger charge is -2.11. The monoisotopic (exact) mass is 514 g/mol. The number of ether oxygens (including phenoxy) is 1. The van der Waals surface area contributed by atoms with Gasteiger partial charge in [0.15, 0.2) is 0 Å². The van der Waals surface area contributed by atoms with Crippen molar-refractivity contribution in [2.24, 2.45) is 0 Å². The Labute approximate surface area is 219 Å². The fourth-order valence-electron chi connectivity index (χ4n) is 4.49. The van der Waals surface area contributed by atoms with Crippen LogP contribution in [0.25, 0.3) is 28.2 Å². The number of aromatic nitrogens is 6. The first kappa shape index (κ1) is 24.5. The van der Waals surface area contributed by atoms with Gasteiger partial charge in [-0.1, -0.05) is 79.5 Å². The van der Waals surface area contributed by atoms with E-state index in [1.165, 1.54) is 0 Å². The number of nitrogens with one attached hydrogen (secondary N) is 1. The number of nitrogens with zero attached hydrogens (tertiary/aromatic N) is 5. The molecular formula is C28H27ClN6O2. The van der Waals surface area contributed by atoms with Gasteiger partial charge in [-0.05, 0) is 46.9 Å². The molecule has 37 heavy (non-hydrogen) atoms. The van der Waals surface area contributed by atoms with Crippen molar-refractivity contribution in [1.82, 2.24) is 29.8 Å². The number of aromatic amines is 1. The summed E-state index contributed by atoms with van der Waals surface area (Å²) >= 11 is 6.50. The molecule has 9 heteroatoms. The Morgan fingerprint density at radius 3 is 2.49 bits per heavy atom. The van der Waals surface area contributed by atoms with Gasteiger partial charge in [0.25, 0.3) is 0 Å². The molecule has 0 saturated carbocycles. The highest BCUT2D eigenvalue weighted by Crippen LogP contribution is 2.31. The molecule has 3 aromatic carbocycles. The number of tetrazole rings is 1. The zero-order valence-corrected chi connectivity index (χ0v) is 21.4. The molecule has 1 N–H and O–H groups in total. The highest BCUT2D eigenvalue weighted by atomic mass is 35.5. The molecule has 2 aromatic heterocycles. The van der Waals surface area contributed by atoms with Crippen molar-refractivity contribution in [3.05, 3.63) is 99.7 Å². The first-order valence-electron chi connectivity index (χ1n) is 12.2. The molecule has 5 aromatic rings. The van der Waals surface area contributed by atoms with Crippen LogP contribution in [-0.2, 0) is 13.0 Å². The lowest BCUT2D eigenvalue weighted by atomic mass is 9.98. The van der Waals surface area contributed by atoms with Gasteiger partial charge in [-0.15, -0.1) is 10.2 Å². The third kappa shape index (κ3) is 4.93. The highest BCUT2D eigenvalue weighted by Gasteiger charge is 2.18. The topological polar surface area (TPSA) is 90.6 Å². The summed E-state index contributed by atoms with van der Waals surface area (Å²) in [5, 5.41) is 14.9. The molecule has 0 radical (unpaired) electrons. The second-order valence-electron chi connectivity index (χ2n) is 8.73. The molecular weight excluding hydrogens is 488 g/mol. The van der Waals surface area contributed by atoms with E-state index >= 15 is 0 Å². The quantitative estimate of drug-likeness (QED) is 0.279. The third-order valence-corrected chi connectivity index (χ3v) is 6.68. The third-order valence-electron chi connectivity index (χ3n) is 6.38. The molecule has 0 aliphatic heterocycles. The minimum absolute atomic E-state index is 0.149. The minimum Gasteiger partial charge on any atom is -0.494 e. The standard InChI is InChI=1S/C28H27ClN6O2/c1-3-4-8-21-18-35(26-24(29)11-7-12-25(26)37-2)28(36)34(21)17-19-13-15-20(16-14-19)22-9-5-6-10-23(22)27-30-32-33-31-27/h5-7,9-16,18H,3-4,8,17H2,1-2H3,(H,30,31,32,33). The highest BCUT2D eigenvalue weighted by molar-refractivity contribution is 6.32. The van der Waals surface area contributed by atoms with Crippen LogP contribution in [0.2, 0.25) is 5.02 Å². The molecule has 188 valence electrons. The van der Waals surface area contributed by atoms with Gasteiger partial charge in [0, 0.05) is 17.5 Å². The number of para-hydroxylation sites is 1. The number of hydrogen-bond donors (Lipinski definition) is 1. The lowest BCUT2D eigenvalue weighted by Crippen LogP contribution is -2.25. The number of hydrogen-bond acceptors (Lipinski definition) is 5. The molecule has 0 amide bonds. The summed E-state index contributed by atoms with van der Waals surface area (Å²) in [7, 11) is 1.58. The van der Waals surface area contributed by atoms with E-state index in [0.717, 1.165) is 47.2 Å². The first-order valence-corrected chi connectivity index (χ1v) is 12.5. The molecule has 0 aliphatic carbocycles. The fraction of sp³-hybridized carbons (Fsp3) is 0.214. The number of unbranched alkanes of at least 4 members (excludes halogenated alkanes) is 1. The van der Waals surface area contributed by atoms with Crippen molar-refractivity contribution in [1.29, 1.82) is 0 Å². The van der Waals surface area contributed by atoms with Crippen LogP contribution in [0, 0.1) is 0 Å². The molecule has 0 aliphatic rings. The second-order valence-corrected chi connectivity index (χ2v) is 9.14. The van der Waals surface area contributed by atoms with E-state index in [2.05, 4.69) is 39.7 Å². The van der Waals surface area contributed by atoms with E-state index in [1.54, 1.807) is 17.7 Å². The Balaban J connectivity index is 1.50. The molecule has 0 fully saturated rings. The van der Waals surface area contributed by atoms with E-state index in [4.69, 9.17) is 16.3 Å². The van der Waals surface area contributed by atoms with Crippen LogP contribution in [0.3, 0.4) is 0 Å². The van der Waals surface area contributed by atoms with Crippen molar-refractivity contribution in [2.45, 2.75) is 32.7 Å². The Morgan fingerprint density at radius 1 is 1.00 bits per heavy atom.